The third-order valence-corrected chi connectivity index (χ3v) is 4.12. The van der Waals surface area contributed by atoms with Crippen LogP contribution in [0.4, 0.5) is 16.6 Å². The van der Waals surface area contributed by atoms with Crippen LogP contribution in [0.1, 0.15) is 22.2 Å². The molecule has 1 aromatic heterocycles. The molecular formula is C15H16N4OS. The molecule has 0 aliphatic heterocycles. The highest BCUT2D eigenvalue weighted by atomic mass is 32.1. The minimum Gasteiger partial charge on any atom is -0.382 e. The van der Waals surface area contributed by atoms with Crippen LogP contribution in [0.2, 0.25) is 0 Å². The molecule has 2 aromatic rings. The first-order chi connectivity index (χ1) is 10.0. The van der Waals surface area contributed by atoms with Crippen LogP contribution < -0.4 is 16.0 Å². The van der Waals surface area contributed by atoms with Gasteiger partial charge in [0, 0.05) is 24.8 Å². The van der Waals surface area contributed by atoms with Crippen LogP contribution in [-0.2, 0) is 0 Å². The lowest BCUT2D eigenvalue weighted by Crippen LogP contribution is -2.15. The molecule has 6 heteroatoms. The van der Waals surface area contributed by atoms with Crippen LogP contribution in [0.25, 0.3) is 0 Å². The quantitative estimate of drug-likeness (QED) is 0.851. The largest absolute Gasteiger partial charge is 0.382 e. The van der Waals surface area contributed by atoms with Gasteiger partial charge >= 0.3 is 0 Å². The smallest absolute Gasteiger partial charge is 0.269 e. The van der Waals surface area contributed by atoms with E-state index in [2.05, 4.69) is 16.2 Å². The van der Waals surface area contributed by atoms with E-state index in [1.54, 1.807) is 24.3 Å². The number of rotatable bonds is 4. The van der Waals surface area contributed by atoms with Gasteiger partial charge < -0.3 is 16.0 Å². The molecule has 0 saturated heterocycles. The lowest BCUT2D eigenvalue weighted by Gasteiger charge is -2.10. The van der Waals surface area contributed by atoms with Crippen molar-refractivity contribution in [1.29, 1.82) is 0 Å². The fourth-order valence-corrected chi connectivity index (χ4v) is 2.56. The number of hydrogen-bond donors (Lipinski definition) is 2. The predicted octanol–water partition coefficient (Wildman–Crippen LogP) is 2.42. The molecule has 2 rings (SSSR count). The highest BCUT2D eigenvalue weighted by molar-refractivity contribution is 7.18. The maximum atomic E-state index is 12.3. The average Bonchev–Trinajstić information content (AvgIpc) is 2.88. The van der Waals surface area contributed by atoms with Gasteiger partial charge in [-0.2, -0.15) is 0 Å². The number of terminal acetylenes is 1. The summed E-state index contributed by atoms with van der Waals surface area (Å²) in [6, 6.07) is 7.09. The molecule has 0 atom stereocenters. The van der Waals surface area contributed by atoms with Crippen molar-refractivity contribution in [2.75, 3.05) is 29.5 Å². The van der Waals surface area contributed by atoms with E-state index in [9.17, 15) is 4.79 Å². The van der Waals surface area contributed by atoms with Crippen LogP contribution in [0, 0.1) is 12.3 Å². The van der Waals surface area contributed by atoms with Gasteiger partial charge in [-0.15, -0.1) is 6.42 Å². The third-order valence-electron chi connectivity index (χ3n) is 2.94. The maximum Gasteiger partial charge on any atom is 0.269 e. The number of aromatic nitrogens is 1. The van der Waals surface area contributed by atoms with E-state index in [1.807, 2.05) is 18.9 Å². The molecule has 0 saturated carbocycles. The van der Waals surface area contributed by atoms with E-state index < -0.39 is 0 Å². The number of thiazole rings is 1. The number of nitrogens with two attached hydrogens (primary N) is 1. The molecule has 0 aliphatic carbocycles. The van der Waals surface area contributed by atoms with Gasteiger partial charge in [-0.3, -0.25) is 4.79 Å². The molecule has 0 bridgehead atoms. The third kappa shape index (κ3) is 3.33. The maximum absolute atomic E-state index is 12.3. The number of benzene rings is 1. The normalized spacial score (nSPS) is 9.95. The van der Waals surface area contributed by atoms with E-state index in [1.165, 1.54) is 11.3 Å². The number of carbonyl (C=O) groups is 1. The minimum absolute atomic E-state index is 0.237. The topological polar surface area (TPSA) is 71.2 Å². The number of amides is 1. The Labute approximate surface area is 127 Å². The van der Waals surface area contributed by atoms with Gasteiger partial charge in [0.25, 0.3) is 5.91 Å². The fraction of sp³-hybridized carbons (Fsp3) is 0.200. The van der Waals surface area contributed by atoms with Gasteiger partial charge in [-0.25, -0.2) is 4.98 Å². The molecule has 5 nitrogen and oxygen atoms in total. The summed E-state index contributed by atoms with van der Waals surface area (Å²) in [6.07, 6.45) is 5.34. The predicted molar refractivity (Wildman–Crippen MR) is 87.8 cm³/mol. The summed E-state index contributed by atoms with van der Waals surface area (Å²) in [5, 5.41) is 3.50. The number of nitrogen functional groups attached to an aromatic ring is 1. The fourth-order valence-electron chi connectivity index (χ4n) is 1.66. The summed E-state index contributed by atoms with van der Waals surface area (Å²) < 4.78 is 0. The van der Waals surface area contributed by atoms with Crippen LogP contribution in [0.3, 0.4) is 0 Å². The molecule has 21 heavy (non-hydrogen) atoms. The zero-order valence-corrected chi connectivity index (χ0v) is 12.7. The summed E-state index contributed by atoms with van der Waals surface area (Å²) in [5.41, 5.74) is 7.16. The van der Waals surface area contributed by atoms with Crippen LogP contribution in [-0.4, -0.2) is 24.5 Å². The Morgan fingerprint density at radius 2 is 2.33 bits per heavy atom. The van der Waals surface area contributed by atoms with Crippen LogP contribution >= 0.6 is 11.3 Å². The summed E-state index contributed by atoms with van der Waals surface area (Å²) in [4.78, 5) is 18.8. The van der Waals surface area contributed by atoms with E-state index in [-0.39, 0.29) is 11.7 Å². The van der Waals surface area contributed by atoms with Crippen molar-refractivity contribution in [3.63, 3.8) is 0 Å². The molecule has 0 aliphatic rings. The molecule has 0 radical (unpaired) electrons. The molecule has 0 fully saturated rings. The Kier molecular flexibility index (Phi) is 4.45. The second-order valence-electron chi connectivity index (χ2n) is 4.40. The van der Waals surface area contributed by atoms with E-state index in [4.69, 9.17) is 12.2 Å². The Bertz CT molecular complexity index is 702. The summed E-state index contributed by atoms with van der Waals surface area (Å²) in [5.74, 6) is 2.48. The standard InChI is InChI=1S/C15H16N4OS/c1-4-10-7-6-8-11(9-10)17-14(20)12-13(16)18-15(21-12)19(3)5-2/h1,6-9H,5,16H2,2-3H3,(H,17,20). The Morgan fingerprint density at radius 1 is 1.57 bits per heavy atom. The molecular weight excluding hydrogens is 284 g/mol. The number of carbonyl (C=O) groups excluding carboxylic acids is 1. The van der Waals surface area contributed by atoms with Gasteiger partial charge in [0.2, 0.25) is 0 Å². The zero-order valence-electron chi connectivity index (χ0n) is 11.9. The van der Waals surface area contributed by atoms with Crippen molar-refractivity contribution in [3.05, 3.63) is 34.7 Å². The monoisotopic (exact) mass is 300 g/mol. The van der Waals surface area contributed by atoms with E-state index >= 15 is 0 Å². The first-order valence-electron chi connectivity index (χ1n) is 6.40. The number of anilines is 3. The van der Waals surface area contributed by atoms with Crippen molar-refractivity contribution in [1.82, 2.24) is 4.98 Å². The van der Waals surface area contributed by atoms with Crippen molar-refractivity contribution in [2.45, 2.75) is 6.92 Å². The van der Waals surface area contributed by atoms with Crippen molar-refractivity contribution >= 4 is 33.9 Å². The molecule has 0 spiro atoms. The SMILES string of the molecule is C#Cc1cccc(NC(=O)c2sc(N(C)CC)nc2N)c1. The van der Waals surface area contributed by atoms with Crippen LogP contribution in [0.5, 0.6) is 0 Å². The van der Waals surface area contributed by atoms with Gasteiger partial charge in [0.15, 0.2) is 5.13 Å². The molecule has 1 heterocycles. The second-order valence-corrected chi connectivity index (χ2v) is 5.38. The molecule has 108 valence electrons. The summed E-state index contributed by atoms with van der Waals surface area (Å²) >= 11 is 1.27. The summed E-state index contributed by atoms with van der Waals surface area (Å²) in [6.45, 7) is 2.79. The van der Waals surface area contributed by atoms with E-state index in [0.29, 0.717) is 16.1 Å². The number of nitrogens with one attached hydrogen (secondary N) is 1. The van der Waals surface area contributed by atoms with Crippen molar-refractivity contribution in [3.8, 4) is 12.3 Å². The van der Waals surface area contributed by atoms with Gasteiger partial charge in [0.1, 0.15) is 10.7 Å². The zero-order chi connectivity index (χ0) is 15.4. The van der Waals surface area contributed by atoms with Crippen molar-refractivity contribution < 1.29 is 4.79 Å². The Balaban J connectivity index is 2.20. The number of nitrogens with zero attached hydrogens (tertiary/aromatic N) is 2. The Hall–Kier alpha value is -2.52. The minimum atomic E-state index is -0.282. The number of hydrogen-bond acceptors (Lipinski definition) is 5. The van der Waals surface area contributed by atoms with E-state index in [0.717, 1.165) is 11.7 Å². The molecule has 0 unspecified atom stereocenters. The van der Waals surface area contributed by atoms with Gasteiger partial charge in [-0.05, 0) is 25.1 Å². The first-order valence-corrected chi connectivity index (χ1v) is 7.22. The average molecular weight is 300 g/mol. The summed E-state index contributed by atoms with van der Waals surface area (Å²) in [7, 11) is 1.90. The lowest BCUT2D eigenvalue weighted by atomic mass is 10.2. The lowest BCUT2D eigenvalue weighted by molar-refractivity contribution is 0.103. The molecule has 1 aromatic carbocycles. The molecule has 1 amide bonds. The highest BCUT2D eigenvalue weighted by Gasteiger charge is 2.17. The molecule has 3 N–H and O–H groups in total. The van der Waals surface area contributed by atoms with Gasteiger partial charge in [0.05, 0.1) is 0 Å². The van der Waals surface area contributed by atoms with Gasteiger partial charge in [-0.1, -0.05) is 23.3 Å². The van der Waals surface area contributed by atoms with Crippen LogP contribution in [0.15, 0.2) is 24.3 Å². The highest BCUT2D eigenvalue weighted by Crippen LogP contribution is 2.28. The second kappa shape index (κ2) is 6.29. The van der Waals surface area contributed by atoms with Crippen molar-refractivity contribution in [2.24, 2.45) is 0 Å². The Morgan fingerprint density at radius 3 is 3.00 bits per heavy atom. The first kappa shape index (κ1) is 14.9.